The van der Waals surface area contributed by atoms with E-state index >= 15 is 0 Å². The SMILES string of the molecule is CNC(=O)C(C)CN(C)C(=O)c1n[nH]c(C)c1N. The number of nitrogens with two attached hydrogens (primary N) is 1. The van der Waals surface area contributed by atoms with Gasteiger partial charge in [0.05, 0.1) is 17.3 Å². The number of aromatic amines is 1. The first-order chi connectivity index (χ1) is 8.38. The highest BCUT2D eigenvalue weighted by Crippen LogP contribution is 2.14. The summed E-state index contributed by atoms with van der Waals surface area (Å²) in [6, 6.07) is 0. The Bertz CT molecular complexity index is 454. The van der Waals surface area contributed by atoms with E-state index in [0.29, 0.717) is 17.9 Å². The molecule has 18 heavy (non-hydrogen) atoms. The van der Waals surface area contributed by atoms with Crippen LogP contribution in [0.25, 0.3) is 0 Å². The van der Waals surface area contributed by atoms with Gasteiger partial charge >= 0.3 is 0 Å². The van der Waals surface area contributed by atoms with E-state index in [9.17, 15) is 9.59 Å². The van der Waals surface area contributed by atoms with E-state index < -0.39 is 0 Å². The smallest absolute Gasteiger partial charge is 0.276 e. The van der Waals surface area contributed by atoms with Crippen LogP contribution in [0, 0.1) is 12.8 Å². The fraction of sp³-hybridized carbons (Fsp3) is 0.545. The highest BCUT2D eigenvalue weighted by Gasteiger charge is 2.22. The normalized spacial score (nSPS) is 12.0. The number of amides is 2. The van der Waals surface area contributed by atoms with Gasteiger partial charge in [0.15, 0.2) is 5.69 Å². The van der Waals surface area contributed by atoms with Gasteiger partial charge in [-0.2, -0.15) is 5.10 Å². The summed E-state index contributed by atoms with van der Waals surface area (Å²) in [4.78, 5) is 24.9. The molecule has 0 radical (unpaired) electrons. The number of hydrogen-bond acceptors (Lipinski definition) is 4. The lowest BCUT2D eigenvalue weighted by Gasteiger charge is -2.20. The molecule has 0 aromatic carbocycles. The fourth-order valence-corrected chi connectivity index (χ4v) is 1.60. The predicted molar refractivity (Wildman–Crippen MR) is 67.9 cm³/mol. The topological polar surface area (TPSA) is 104 Å². The van der Waals surface area contributed by atoms with E-state index in [0.717, 1.165) is 0 Å². The quantitative estimate of drug-likeness (QED) is 0.688. The molecule has 0 spiro atoms. The second kappa shape index (κ2) is 5.52. The van der Waals surface area contributed by atoms with Crippen molar-refractivity contribution >= 4 is 17.5 Å². The number of H-pyrrole nitrogens is 1. The average molecular weight is 253 g/mol. The van der Waals surface area contributed by atoms with E-state index in [1.54, 1.807) is 27.9 Å². The first-order valence-electron chi connectivity index (χ1n) is 5.66. The van der Waals surface area contributed by atoms with Crippen LogP contribution in [0.5, 0.6) is 0 Å². The Hall–Kier alpha value is -2.05. The van der Waals surface area contributed by atoms with Crippen LogP contribution in [0.2, 0.25) is 0 Å². The van der Waals surface area contributed by atoms with Gasteiger partial charge in [-0.1, -0.05) is 6.92 Å². The first kappa shape index (κ1) is 14.0. The van der Waals surface area contributed by atoms with Crippen molar-refractivity contribution in [1.29, 1.82) is 0 Å². The molecule has 1 atom stereocenters. The Morgan fingerprint density at radius 3 is 2.61 bits per heavy atom. The van der Waals surface area contributed by atoms with Gasteiger partial charge in [0.1, 0.15) is 0 Å². The van der Waals surface area contributed by atoms with Crippen LogP contribution in [-0.2, 0) is 4.79 Å². The lowest BCUT2D eigenvalue weighted by Crippen LogP contribution is -2.37. The molecule has 0 aliphatic carbocycles. The van der Waals surface area contributed by atoms with Crippen molar-refractivity contribution in [3.05, 3.63) is 11.4 Å². The van der Waals surface area contributed by atoms with Crippen molar-refractivity contribution in [1.82, 2.24) is 20.4 Å². The van der Waals surface area contributed by atoms with Crippen molar-refractivity contribution in [3.8, 4) is 0 Å². The summed E-state index contributed by atoms with van der Waals surface area (Å²) >= 11 is 0. The summed E-state index contributed by atoms with van der Waals surface area (Å²) < 4.78 is 0. The summed E-state index contributed by atoms with van der Waals surface area (Å²) in [5.41, 5.74) is 6.94. The molecule has 0 saturated heterocycles. The van der Waals surface area contributed by atoms with Gasteiger partial charge in [-0.15, -0.1) is 0 Å². The van der Waals surface area contributed by atoms with Crippen molar-refractivity contribution < 1.29 is 9.59 Å². The second-order valence-corrected chi connectivity index (χ2v) is 4.31. The maximum absolute atomic E-state index is 12.1. The Morgan fingerprint density at radius 2 is 2.17 bits per heavy atom. The third-order valence-corrected chi connectivity index (χ3v) is 2.79. The molecular weight excluding hydrogens is 234 g/mol. The Balaban J connectivity index is 2.73. The van der Waals surface area contributed by atoms with Gasteiger partial charge in [0, 0.05) is 20.6 Å². The molecule has 1 heterocycles. The Morgan fingerprint density at radius 1 is 1.56 bits per heavy atom. The van der Waals surface area contributed by atoms with Gasteiger partial charge in [-0.05, 0) is 6.92 Å². The fourth-order valence-electron chi connectivity index (χ4n) is 1.60. The largest absolute Gasteiger partial charge is 0.395 e. The molecule has 1 unspecified atom stereocenters. The molecular formula is C11H19N5O2. The lowest BCUT2D eigenvalue weighted by molar-refractivity contribution is -0.124. The highest BCUT2D eigenvalue weighted by molar-refractivity contribution is 5.97. The number of nitrogen functional groups attached to an aromatic ring is 1. The number of hydrogen-bond donors (Lipinski definition) is 3. The molecule has 100 valence electrons. The number of nitrogens with one attached hydrogen (secondary N) is 2. The van der Waals surface area contributed by atoms with Crippen LogP contribution in [0.3, 0.4) is 0 Å². The van der Waals surface area contributed by atoms with Gasteiger partial charge in [-0.25, -0.2) is 0 Å². The van der Waals surface area contributed by atoms with E-state index in [1.165, 1.54) is 4.90 Å². The number of aromatic nitrogens is 2. The van der Waals surface area contributed by atoms with E-state index in [1.807, 2.05) is 0 Å². The zero-order chi connectivity index (χ0) is 13.9. The number of carbonyl (C=O) groups excluding carboxylic acids is 2. The summed E-state index contributed by atoms with van der Waals surface area (Å²) in [5.74, 6) is -0.696. The van der Waals surface area contributed by atoms with Gasteiger partial charge < -0.3 is 16.0 Å². The molecule has 1 aromatic heterocycles. The molecule has 0 aliphatic heterocycles. The number of nitrogens with zero attached hydrogens (tertiary/aromatic N) is 2. The van der Waals surface area contributed by atoms with Crippen LogP contribution in [0.1, 0.15) is 23.1 Å². The van der Waals surface area contributed by atoms with Crippen LogP contribution >= 0.6 is 0 Å². The third kappa shape index (κ3) is 2.79. The number of anilines is 1. The van der Waals surface area contributed by atoms with Gasteiger partial charge in [-0.3, -0.25) is 14.7 Å². The highest BCUT2D eigenvalue weighted by atomic mass is 16.2. The number of aryl methyl sites for hydroxylation is 1. The molecule has 7 heteroatoms. The molecule has 0 aliphatic rings. The summed E-state index contributed by atoms with van der Waals surface area (Å²) in [7, 11) is 3.18. The zero-order valence-corrected chi connectivity index (χ0v) is 11.1. The van der Waals surface area contributed by atoms with Crippen LogP contribution in [-0.4, -0.2) is 47.6 Å². The monoisotopic (exact) mass is 253 g/mol. The minimum absolute atomic E-state index is 0.110. The maximum atomic E-state index is 12.1. The van der Waals surface area contributed by atoms with Crippen molar-refractivity contribution in [2.75, 3.05) is 26.4 Å². The van der Waals surface area contributed by atoms with Crippen molar-refractivity contribution in [2.45, 2.75) is 13.8 Å². The van der Waals surface area contributed by atoms with E-state index in [-0.39, 0.29) is 23.4 Å². The van der Waals surface area contributed by atoms with Gasteiger partial charge in [0.25, 0.3) is 5.91 Å². The summed E-state index contributed by atoms with van der Waals surface area (Å²) in [6.07, 6.45) is 0. The standard InChI is InChI=1S/C11H19N5O2/c1-6(10(17)13-3)5-16(4)11(18)9-8(12)7(2)14-15-9/h6H,5,12H2,1-4H3,(H,13,17)(H,14,15). The predicted octanol–water partition coefficient (Wildman–Crippen LogP) is -0.246. The Kier molecular flexibility index (Phi) is 4.30. The van der Waals surface area contributed by atoms with Gasteiger partial charge in [0.2, 0.25) is 5.91 Å². The van der Waals surface area contributed by atoms with Crippen molar-refractivity contribution in [3.63, 3.8) is 0 Å². The molecule has 1 rings (SSSR count). The summed E-state index contributed by atoms with van der Waals surface area (Å²) in [5, 5.41) is 9.07. The number of carbonyl (C=O) groups is 2. The Labute approximate surface area is 106 Å². The maximum Gasteiger partial charge on any atom is 0.276 e. The van der Waals surface area contributed by atoms with Crippen LogP contribution in [0.4, 0.5) is 5.69 Å². The second-order valence-electron chi connectivity index (χ2n) is 4.31. The van der Waals surface area contributed by atoms with Crippen LogP contribution < -0.4 is 11.1 Å². The number of rotatable bonds is 4. The molecule has 0 bridgehead atoms. The van der Waals surface area contributed by atoms with E-state index in [2.05, 4.69) is 15.5 Å². The minimum Gasteiger partial charge on any atom is -0.395 e. The first-order valence-corrected chi connectivity index (χ1v) is 5.66. The van der Waals surface area contributed by atoms with Crippen LogP contribution in [0.15, 0.2) is 0 Å². The zero-order valence-electron chi connectivity index (χ0n) is 11.1. The lowest BCUT2D eigenvalue weighted by atomic mass is 10.1. The molecule has 1 aromatic rings. The average Bonchev–Trinajstić information content (AvgIpc) is 2.67. The third-order valence-electron chi connectivity index (χ3n) is 2.79. The minimum atomic E-state index is -0.299. The molecule has 2 amide bonds. The van der Waals surface area contributed by atoms with E-state index in [4.69, 9.17) is 5.73 Å². The summed E-state index contributed by atoms with van der Waals surface area (Å²) in [6.45, 7) is 3.80. The molecule has 0 saturated carbocycles. The molecule has 4 N–H and O–H groups in total. The molecule has 0 fully saturated rings. The molecule has 7 nitrogen and oxygen atoms in total. The van der Waals surface area contributed by atoms with Crippen molar-refractivity contribution in [2.24, 2.45) is 5.92 Å².